The zero-order chi connectivity index (χ0) is 15.7. The van der Waals surface area contributed by atoms with Crippen molar-refractivity contribution in [2.24, 2.45) is 11.8 Å². The van der Waals surface area contributed by atoms with E-state index in [1.807, 2.05) is 6.92 Å². The Morgan fingerprint density at radius 3 is 2.29 bits per heavy atom. The van der Waals surface area contributed by atoms with Gasteiger partial charge in [-0.15, -0.1) is 0 Å². The fourth-order valence-corrected chi connectivity index (χ4v) is 2.19. The molecule has 2 unspecified atom stereocenters. The fourth-order valence-electron chi connectivity index (χ4n) is 2.19. The lowest BCUT2D eigenvalue weighted by atomic mass is 10.1. The van der Waals surface area contributed by atoms with Crippen LogP contribution in [0, 0.1) is 11.8 Å². The van der Waals surface area contributed by atoms with Gasteiger partial charge >= 0.3 is 5.97 Å². The standard InChI is InChI=1S/C15H26N2O4/c1-11-10-12(11)15(21)17-9-7-13(18)16-8-5-3-2-4-6-14(19)20/h11-12H,2-10H2,1H3,(H,16,18)(H,17,21)(H,19,20). The van der Waals surface area contributed by atoms with Gasteiger partial charge in [0.2, 0.25) is 11.8 Å². The lowest BCUT2D eigenvalue weighted by Gasteiger charge is -2.06. The van der Waals surface area contributed by atoms with Crippen LogP contribution >= 0.6 is 0 Å². The first-order valence-electron chi connectivity index (χ1n) is 7.77. The number of rotatable bonds is 11. The van der Waals surface area contributed by atoms with Gasteiger partial charge < -0.3 is 15.7 Å². The molecule has 21 heavy (non-hydrogen) atoms. The van der Waals surface area contributed by atoms with Crippen molar-refractivity contribution in [3.8, 4) is 0 Å². The van der Waals surface area contributed by atoms with Gasteiger partial charge in [-0.1, -0.05) is 19.8 Å². The molecule has 0 spiro atoms. The summed E-state index contributed by atoms with van der Waals surface area (Å²) in [7, 11) is 0. The molecule has 6 nitrogen and oxygen atoms in total. The van der Waals surface area contributed by atoms with E-state index < -0.39 is 5.97 Å². The first-order chi connectivity index (χ1) is 10.0. The Morgan fingerprint density at radius 1 is 1.00 bits per heavy atom. The highest BCUT2D eigenvalue weighted by Gasteiger charge is 2.38. The normalized spacial score (nSPS) is 19.9. The highest BCUT2D eigenvalue weighted by molar-refractivity contribution is 5.82. The molecule has 1 rings (SSSR count). The van der Waals surface area contributed by atoms with Gasteiger partial charge in [-0.2, -0.15) is 0 Å². The summed E-state index contributed by atoms with van der Waals surface area (Å²) in [6, 6.07) is 0. The van der Waals surface area contributed by atoms with Gasteiger partial charge in [0.25, 0.3) is 0 Å². The highest BCUT2D eigenvalue weighted by atomic mass is 16.4. The lowest BCUT2D eigenvalue weighted by molar-refractivity contribution is -0.137. The number of carbonyl (C=O) groups is 3. The molecule has 0 aromatic heterocycles. The number of amides is 2. The quantitative estimate of drug-likeness (QED) is 0.501. The molecule has 0 aliphatic heterocycles. The Kier molecular flexibility index (Phi) is 7.79. The van der Waals surface area contributed by atoms with Gasteiger partial charge in [0.1, 0.15) is 0 Å². The van der Waals surface area contributed by atoms with Crippen molar-refractivity contribution >= 4 is 17.8 Å². The van der Waals surface area contributed by atoms with Crippen LogP contribution in [-0.4, -0.2) is 36.0 Å². The molecule has 1 saturated carbocycles. The number of hydrogen-bond donors (Lipinski definition) is 3. The number of nitrogens with one attached hydrogen (secondary N) is 2. The predicted molar refractivity (Wildman–Crippen MR) is 78.6 cm³/mol. The van der Waals surface area contributed by atoms with Gasteiger partial charge in [0.05, 0.1) is 0 Å². The number of carboxylic acid groups (broad SMARTS) is 1. The largest absolute Gasteiger partial charge is 0.481 e. The minimum Gasteiger partial charge on any atom is -0.481 e. The van der Waals surface area contributed by atoms with Crippen LogP contribution in [0.5, 0.6) is 0 Å². The van der Waals surface area contributed by atoms with Crippen molar-refractivity contribution in [2.75, 3.05) is 13.1 Å². The topological polar surface area (TPSA) is 95.5 Å². The maximum Gasteiger partial charge on any atom is 0.303 e. The molecule has 0 bridgehead atoms. The lowest BCUT2D eigenvalue weighted by Crippen LogP contribution is -2.32. The Hall–Kier alpha value is -1.59. The molecular formula is C15H26N2O4. The maximum absolute atomic E-state index is 11.5. The Balaban J connectivity index is 1.87. The fraction of sp³-hybridized carbons (Fsp3) is 0.800. The Bertz CT molecular complexity index is 371. The second-order valence-corrected chi connectivity index (χ2v) is 5.77. The van der Waals surface area contributed by atoms with Crippen molar-refractivity contribution in [3.63, 3.8) is 0 Å². The second kappa shape index (κ2) is 9.37. The number of carbonyl (C=O) groups excluding carboxylic acids is 2. The van der Waals surface area contributed by atoms with Crippen molar-refractivity contribution in [3.05, 3.63) is 0 Å². The van der Waals surface area contributed by atoms with Gasteiger partial charge in [-0.3, -0.25) is 14.4 Å². The molecule has 120 valence electrons. The summed E-state index contributed by atoms with van der Waals surface area (Å²) in [6.45, 7) is 3.05. The number of unbranched alkanes of at least 4 members (excludes halogenated alkanes) is 3. The minimum atomic E-state index is -0.758. The molecule has 3 N–H and O–H groups in total. The number of hydrogen-bond acceptors (Lipinski definition) is 3. The third-order valence-corrected chi connectivity index (χ3v) is 3.74. The summed E-state index contributed by atoms with van der Waals surface area (Å²) in [4.78, 5) is 33.3. The molecule has 0 saturated heterocycles. The average molecular weight is 298 g/mol. The van der Waals surface area contributed by atoms with E-state index in [0.717, 1.165) is 25.7 Å². The van der Waals surface area contributed by atoms with Gasteiger partial charge in [-0.05, 0) is 25.2 Å². The highest BCUT2D eigenvalue weighted by Crippen LogP contribution is 2.37. The molecule has 1 aliphatic carbocycles. The van der Waals surface area contributed by atoms with Crippen LogP contribution in [0.25, 0.3) is 0 Å². The third kappa shape index (κ3) is 8.32. The van der Waals surface area contributed by atoms with Gasteiger partial charge in [0, 0.05) is 31.8 Å². The molecule has 0 aromatic carbocycles. The smallest absolute Gasteiger partial charge is 0.303 e. The molecule has 2 atom stereocenters. The predicted octanol–water partition coefficient (Wildman–Crippen LogP) is 1.30. The van der Waals surface area contributed by atoms with E-state index in [0.29, 0.717) is 31.8 Å². The monoisotopic (exact) mass is 298 g/mol. The molecule has 1 aliphatic rings. The van der Waals surface area contributed by atoms with Crippen molar-refractivity contribution in [1.82, 2.24) is 10.6 Å². The van der Waals surface area contributed by atoms with Gasteiger partial charge in [0.15, 0.2) is 0 Å². The molecule has 0 aromatic rings. The van der Waals surface area contributed by atoms with Crippen molar-refractivity contribution in [2.45, 2.75) is 51.9 Å². The summed E-state index contributed by atoms with van der Waals surface area (Å²) in [5.74, 6) is -0.108. The summed E-state index contributed by atoms with van der Waals surface area (Å²) in [6.07, 6.45) is 4.82. The molecule has 0 radical (unpaired) electrons. The zero-order valence-corrected chi connectivity index (χ0v) is 12.7. The SMILES string of the molecule is CC1CC1C(=O)NCCC(=O)NCCCCCCC(=O)O. The minimum absolute atomic E-state index is 0.0512. The van der Waals surface area contributed by atoms with E-state index in [4.69, 9.17) is 5.11 Å². The van der Waals surface area contributed by atoms with Crippen LogP contribution < -0.4 is 10.6 Å². The van der Waals surface area contributed by atoms with Crippen molar-refractivity contribution < 1.29 is 19.5 Å². The van der Waals surface area contributed by atoms with Crippen molar-refractivity contribution in [1.29, 1.82) is 0 Å². The van der Waals surface area contributed by atoms with E-state index in [2.05, 4.69) is 10.6 Å². The summed E-state index contributed by atoms with van der Waals surface area (Å²) < 4.78 is 0. The molecule has 1 fully saturated rings. The molecular weight excluding hydrogens is 272 g/mol. The Morgan fingerprint density at radius 2 is 1.67 bits per heavy atom. The van der Waals surface area contributed by atoms with Crippen LogP contribution in [0.1, 0.15) is 51.9 Å². The molecule has 0 heterocycles. The number of carboxylic acids is 1. The molecule has 6 heteroatoms. The van der Waals surface area contributed by atoms with E-state index in [1.54, 1.807) is 0 Å². The van der Waals surface area contributed by atoms with Crippen LogP contribution in [0.3, 0.4) is 0 Å². The van der Waals surface area contributed by atoms with E-state index in [1.165, 1.54) is 0 Å². The van der Waals surface area contributed by atoms with E-state index in [-0.39, 0.29) is 24.2 Å². The van der Waals surface area contributed by atoms with Crippen LogP contribution in [0.15, 0.2) is 0 Å². The van der Waals surface area contributed by atoms with E-state index in [9.17, 15) is 14.4 Å². The Labute approximate surface area is 125 Å². The average Bonchev–Trinajstić information content (AvgIpc) is 3.14. The first kappa shape index (κ1) is 17.5. The zero-order valence-electron chi connectivity index (χ0n) is 12.7. The number of aliphatic carboxylic acids is 1. The summed E-state index contributed by atoms with van der Waals surface area (Å²) in [5.41, 5.74) is 0. The van der Waals surface area contributed by atoms with Crippen LogP contribution in [0.4, 0.5) is 0 Å². The summed E-state index contributed by atoms with van der Waals surface area (Å²) in [5, 5.41) is 14.1. The van der Waals surface area contributed by atoms with Crippen LogP contribution in [-0.2, 0) is 14.4 Å². The van der Waals surface area contributed by atoms with Crippen LogP contribution in [0.2, 0.25) is 0 Å². The molecule has 2 amide bonds. The first-order valence-corrected chi connectivity index (χ1v) is 7.77. The van der Waals surface area contributed by atoms with Gasteiger partial charge in [-0.25, -0.2) is 0 Å². The summed E-state index contributed by atoms with van der Waals surface area (Å²) >= 11 is 0. The second-order valence-electron chi connectivity index (χ2n) is 5.77. The third-order valence-electron chi connectivity index (χ3n) is 3.74. The van der Waals surface area contributed by atoms with E-state index >= 15 is 0 Å². The maximum atomic E-state index is 11.5.